The molecule has 1 atom stereocenters. The van der Waals surface area contributed by atoms with Gasteiger partial charge < -0.3 is 4.90 Å². The first-order valence-electron chi connectivity index (χ1n) is 6.94. The highest BCUT2D eigenvalue weighted by molar-refractivity contribution is 6.30. The number of nitrogens with zero attached hydrogens (tertiary/aromatic N) is 5. The molecule has 3 rings (SSSR count). The number of hydrogen-bond donors (Lipinski definition) is 0. The maximum Gasteiger partial charge on any atom is 0.244 e. The Labute approximate surface area is 127 Å². The van der Waals surface area contributed by atoms with Crippen LogP contribution in [-0.2, 0) is 11.3 Å². The summed E-state index contributed by atoms with van der Waals surface area (Å²) in [5, 5.41) is 4.58. The lowest BCUT2D eigenvalue weighted by atomic mass is 9.95. The zero-order chi connectivity index (χ0) is 14.7. The molecule has 1 fully saturated rings. The maximum atomic E-state index is 12.3. The number of likely N-dealkylation sites (tertiary alicyclic amines) is 1. The maximum absolute atomic E-state index is 12.3. The molecule has 0 N–H and O–H groups in total. The Morgan fingerprint density at radius 3 is 3.00 bits per heavy atom. The number of halogens is 1. The second-order valence-electron chi connectivity index (χ2n) is 5.17. The van der Waals surface area contributed by atoms with Gasteiger partial charge in [0, 0.05) is 43.8 Å². The summed E-state index contributed by atoms with van der Waals surface area (Å²) in [6.45, 7) is 1.69. The second kappa shape index (κ2) is 6.22. The van der Waals surface area contributed by atoms with Gasteiger partial charge in [0.15, 0.2) is 0 Å². The van der Waals surface area contributed by atoms with Crippen LogP contribution in [-0.4, -0.2) is 43.6 Å². The van der Waals surface area contributed by atoms with Crippen molar-refractivity contribution in [1.82, 2.24) is 24.6 Å². The summed E-state index contributed by atoms with van der Waals surface area (Å²) >= 11 is 5.81. The summed E-state index contributed by atoms with van der Waals surface area (Å²) in [6, 6.07) is 0. The highest BCUT2D eigenvalue weighted by atomic mass is 35.5. The zero-order valence-electron chi connectivity index (χ0n) is 11.5. The fourth-order valence-electron chi connectivity index (χ4n) is 2.63. The van der Waals surface area contributed by atoms with Gasteiger partial charge in [0.2, 0.25) is 5.91 Å². The van der Waals surface area contributed by atoms with Crippen molar-refractivity contribution in [3.8, 4) is 0 Å². The van der Waals surface area contributed by atoms with Crippen LogP contribution in [0.2, 0.25) is 5.02 Å². The number of carbonyl (C=O) groups excluding carboxylic acids is 1. The molecule has 2 aromatic rings. The highest BCUT2D eigenvalue weighted by Crippen LogP contribution is 2.25. The molecular weight excluding hydrogens is 290 g/mol. The van der Waals surface area contributed by atoms with Gasteiger partial charge in [0.05, 0.1) is 16.9 Å². The minimum Gasteiger partial charge on any atom is -0.340 e. The monoisotopic (exact) mass is 305 g/mol. The molecule has 0 aliphatic carbocycles. The third-order valence-corrected chi connectivity index (χ3v) is 3.87. The fourth-order valence-corrected chi connectivity index (χ4v) is 2.79. The molecule has 110 valence electrons. The van der Waals surface area contributed by atoms with Crippen molar-refractivity contribution < 1.29 is 4.79 Å². The lowest BCUT2D eigenvalue weighted by Crippen LogP contribution is -2.41. The first kappa shape index (κ1) is 14.0. The van der Waals surface area contributed by atoms with E-state index in [0.717, 1.165) is 25.1 Å². The van der Waals surface area contributed by atoms with Gasteiger partial charge in [-0.1, -0.05) is 11.6 Å². The SMILES string of the molecule is O=C(Cn1cc(Cl)cn1)N1CCC[C@@H](c2cnccn2)C1. The molecule has 0 aromatic carbocycles. The molecule has 3 heterocycles. The van der Waals surface area contributed by atoms with Crippen LogP contribution in [0.3, 0.4) is 0 Å². The Kier molecular flexibility index (Phi) is 4.15. The first-order chi connectivity index (χ1) is 10.2. The molecule has 7 heteroatoms. The highest BCUT2D eigenvalue weighted by Gasteiger charge is 2.25. The van der Waals surface area contributed by atoms with Crippen LogP contribution in [0.4, 0.5) is 0 Å². The van der Waals surface area contributed by atoms with Crippen LogP contribution in [0.25, 0.3) is 0 Å². The predicted octanol–water partition coefficient (Wildman–Crippen LogP) is 1.73. The standard InChI is InChI=1S/C14H16ClN5O/c15-12-6-18-20(9-12)10-14(21)19-5-1-2-11(8-19)13-7-16-3-4-17-13/h3-4,6-7,9,11H,1-2,5,8,10H2/t11-/m1/s1. The molecule has 6 nitrogen and oxygen atoms in total. The lowest BCUT2D eigenvalue weighted by Gasteiger charge is -2.32. The normalized spacial score (nSPS) is 18.7. The molecule has 1 saturated heterocycles. The molecule has 0 bridgehead atoms. The van der Waals surface area contributed by atoms with E-state index in [-0.39, 0.29) is 18.4 Å². The molecule has 0 spiro atoms. The van der Waals surface area contributed by atoms with Gasteiger partial charge in [-0.2, -0.15) is 5.10 Å². The summed E-state index contributed by atoms with van der Waals surface area (Å²) in [5.41, 5.74) is 0.956. The number of carbonyl (C=O) groups is 1. The number of hydrogen-bond acceptors (Lipinski definition) is 4. The topological polar surface area (TPSA) is 63.9 Å². The summed E-state index contributed by atoms with van der Waals surface area (Å²) in [6.07, 6.45) is 10.4. The van der Waals surface area contributed by atoms with Crippen molar-refractivity contribution >= 4 is 17.5 Å². The summed E-state index contributed by atoms with van der Waals surface area (Å²) in [5.74, 6) is 0.320. The van der Waals surface area contributed by atoms with E-state index in [2.05, 4.69) is 15.1 Å². The number of piperidine rings is 1. The average Bonchev–Trinajstić information content (AvgIpc) is 2.93. The lowest BCUT2D eigenvalue weighted by molar-refractivity contribution is -0.133. The predicted molar refractivity (Wildman–Crippen MR) is 77.8 cm³/mol. The summed E-state index contributed by atoms with van der Waals surface area (Å²) in [7, 11) is 0. The number of aromatic nitrogens is 4. The van der Waals surface area contributed by atoms with Gasteiger partial charge in [-0.25, -0.2) is 0 Å². The molecule has 0 radical (unpaired) electrons. The van der Waals surface area contributed by atoms with E-state index in [1.165, 1.54) is 6.20 Å². The Morgan fingerprint density at radius 1 is 1.38 bits per heavy atom. The molecule has 0 unspecified atom stereocenters. The van der Waals surface area contributed by atoms with Gasteiger partial charge in [-0.15, -0.1) is 0 Å². The second-order valence-corrected chi connectivity index (χ2v) is 5.60. The van der Waals surface area contributed by atoms with Crippen molar-refractivity contribution in [1.29, 1.82) is 0 Å². The van der Waals surface area contributed by atoms with Crippen molar-refractivity contribution in [3.05, 3.63) is 41.7 Å². The molecule has 1 aliphatic heterocycles. The molecular formula is C14H16ClN5O. The summed E-state index contributed by atoms with van der Waals surface area (Å²) < 4.78 is 1.57. The Morgan fingerprint density at radius 2 is 2.29 bits per heavy atom. The molecule has 21 heavy (non-hydrogen) atoms. The largest absolute Gasteiger partial charge is 0.340 e. The quantitative estimate of drug-likeness (QED) is 0.866. The van der Waals surface area contributed by atoms with Crippen LogP contribution in [0.1, 0.15) is 24.5 Å². The van der Waals surface area contributed by atoms with Crippen LogP contribution in [0.5, 0.6) is 0 Å². The van der Waals surface area contributed by atoms with Gasteiger partial charge in [0.25, 0.3) is 0 Å². The first-order valence-corrected chi connectivity index (χ1v) is 7.32. The summed E-state index contributed by atoms with van der Waals surface area (Å²) in [4.78, 5) is 22.7. The van der Waals surface area contributed by atoms with E-state index >= 15 is 0 Å². The van der Waals surface area contributed by atoms with E-state index in [4.69, 9.17) is 11.6 Å². The van der Waals surface area contributed by atoms with Crippen LogP contribution >= 0.6 is 11.6 Å². The van der Waals surface area contributed by atoms with Crippen LogP contribution < -0.4 is 0 Å². The Hall–Kier alpha value is -1.95. The van der Waals surface area contributed by atoms with Gasteiger partial charge in [-0.3, -0.25) is 19.4 Å². The zero-order valence-corrected chi connectivity index (χ0v) is 12.3. The average molecular weight is 306 g/mol. The fraction of sp³-hybridized carbons (Fsp3) is 0.429. The minimum absolute atomic E-state index is 0.0587. The van der Waals surface area contributed by atoms with Gasteiger partial charge in [0.1, 0.15) is 6.54 Å². The smallest absolute Gasteiger partial charge is 0.244 e. The van der Waals surface area contributed by atoms with Crippen molar-refractivity contribution in [2.45, 2.75) is 25.3 Å². The third kappa shape index (κ3) is 3.39. The van der Waals surface area contributed by atoms with E-state index in [0.29, 0.717) is 11.6 Å². The molecule has 0 saturated carbocycles. The molecule has 2 aromatic heterocycles. The van der Waals surface area contributed by atoms with Crippen LogP contribution in [0, 0.1) is 0 Å². The number of amides is 1. The Balaban J connectivity index is 1.64. The van der Waals surface area contributed by atoms with Crippen molar-refractivity contribution in [2.24, 2.45) is 0 Å². The van der Waals surface area contributed by atoms with E-state index in [1.807, 2.05) is 4.90 Å². The van der Waals surface area contributed by atoms with Gasteiger partial charge in [-0.05, 0) is 12.8 Å². The van der Waals surface area contributed by atoms with E-state index in [9.17, 15) is 4.79 Å². The third-order valence-electron chi connectivity index (χ3n) is 3.67. The van der Waals surface area contributed by atoms with Crippen molar-refractivity contribution in [2.75, 3.05) is 13.1 Å². The van der Waals surface area contributed by atoms with Crippen LogP contribution in [0.15, 0.2) is 31.0 Å². The minimum atomic E-state index is 0.0587. The Bertz CT molecular complexity index is 615. The number of rotatable bonds is 3. The molecule has 1 aliphatic rings. The van der Waals surface area contributed by atoms with Gasteiger partial charge >= 0.3 is 0 Å². The van der Waals surface area contributed by atoms with E-state index < -0.39 is 0 Å². The van der Waals surface area contributed by atoms with E-state index in [1.54, 1.807) is 29.5 Å². The van der Waals surface area contributed by atoms with Crippen molar-refractivity contribution in [3.63, 3.8) is 0 Å². The molecule has 1 amide bonds.